The van der Waals surface area contributed by atoms with E-state index >= 15 is 0 Å². The van der Waals surface area contributed by atoms with Crippen LogP contribution in [0.15, 0.2) is 30.5 Å². The van der Waals surface area contributed by atoms with Crippen molar-refractivity contribution in [1.29, 1.82) is 0 Å². The Bertz CT molecular complexity index is 841. The van der Waals surface area contributed by atoms with Crippen molar-refractivity contribution < 1.29 is 9.53 Å². The molecule has 0 radical (unpaired) electrons. The molecule has 0 unspecified atom stereocenters. The van der Waals surface area contributed by atoms with Gasteiger partial charge in [-0.15, -0.1) is 5.10 Å². The number of aromatic nitrogens is 3. The van der Waals surface area contributed by atoms with E-state index in [4.69, 9.17) is 4.74 Å². The molecular formula is C20H27N5O2. The molecule has 144 valence electrons. The van der Waals surface area contributed by atoms with E-state index in [-0.39, 0.29) is 12.1 Å². The lowest BCUT2D eigenvalue weighted by molar-refractivity contribution is 0.214. The summed E-state index contributed by atoms with van der Waals surface area (Å²) < 4.78 is 7.23. The maximum atomic E-state index is 12.7. The number of methoxy groups -OCH3 is 1. The SMILES string of the molecule is COc1cc(C)ccc1NC(=O)N1CCC=C(c2cn(C(C)C)nn2)CC1. The highest BCUT2D eigenvalue weighted by Gasteiger charge is 2.19. The van der Waals surface area contributed by atoms with Crippen LogP contribution >= 0.6 is 0 Å². The van der Waals surface area contributed by atoms with E-state index in [1.807, 2.05) is 40.9 Å². The molecule has 1 aromatic heterocycles. The van der Waals surface area contributed by atoms with Crippen molar-refractivity contribution in [2.45, 2.75) is 39.7 Å². The second-order valence-electron chi connectivity index (χ2n) is 7.07. The number of ether oxygens (including phenoxy) is 1. The zero-order valence-corrected chi connectivity index (χ0v) is 16.4. The summed E-state index contributed by atoms with van der Waals surface area (Å²) in [4.78, 5) is 14.5. The van der Waals surface area contributed by atoms with Crippen molar-refractivity contribution in [3.05, 3.63) is 41.7 Å². The van der Waals surface area contributed by atoms with Gasteiger partial charge in [0.2, 0.25) is 0 Å². The topological polar surface area (TPSA) is 72.3 Å². The van der Waals surface area contributed by atoms with Gasteiger partial charge in [0.1, 0.15) is 11.4 Å². The molecule has 0 saturated heterocycles. The van der Waals surface area contributed by atoms with Gasteiger partial charge in [-0.1, -0.05) is 17.4 Å². The predicted octanol–water partition coefficient (Wildman–Crippen LogP) is 3.89. The molecule has 3 rings (SSSR count). The van der Waals surface area contributed by atoms with Crippen LogP contribution < -0.4 is 10.1 Å². The lowest BCUT2D eigenvalue weighted by atomic mass is 10.1. The second kappa shape index (κ2) is 8.24. The number of nitrogens with one attached hydrogen (secondary N) is 1. The lowest BCUT2D eigenvalue weighted by Gasteiger charge is -2.22. The van der Waals surface area contributed by atoms with Gasteiger partial charge in [0.15, 0.2) is 0 Å². The molecule has 1 aromatic carbocycles. The van der Waals surface area contributed by atoms with Gasteiger partial charge < -0.3 is 15.0 Å². The first-order chi connectivity index (χ1) is 13.0. The number of rotatable bonds is 4. The summed E-state index contributed by atoms with van der Waals surface area (Å²) in [7, 11) is 1.61. The summed E-state index contributed by atoms with van der Waals surface area (Å²) in [5.74, 6) is 0.669. The van der Waals surface area contributed by atoms with E-state index in [2.05, 4.69) is 35.6 Å². The molecule has 2 amide bonds. The number of anilines is 1. The Morgan fingerprint density at radius 3 is 2.81 bits per heavy atom. The molecule has 0 aliphatic carbocycles. The van der Waals surface area contributed by atoms with Gasteiger partial charge >= 0.3 is 6.03 Å². The van der Waals surface area contributed by atoms with Crippen LogP contribution in [-0.2, 0) is 0 Å². The first kappa shape index (κ1) is 18.9. The number of urea groups is 1. The van der Waals surface area contributed by atoms with Crippen molar-refractivity contribution >= 4 is 17.3 Å². The fourth-order valence-corrected chi connectivity index (χ4v) is 3.07. The average molecular weight is 369 g/mol. The van der Waals surface area contributed by atoms with Gasteiger partial charge in [-0.05, 0) is 56.9 Å². The highest BCUT2D eigenvalue weighted by atomic mass is 16.5. The summed E-state index contributed by atoms with van der Waals surface area (Å²) in [5.41, 5.74) is 3.81. The first-order valence-corrected chi connectivity index (χ1v) is 9.29. The van der Waals surface area contributed by atoms with Crippen LogP contribution in [0.5, 0.6) is 5.75 Å². The predicted molar refractivity (Wildman–Crippen MR) is 106 cm³/mol. The molecule has 0 bridgehead atoms. The standard InChI is InChI=1S/C20H27N5O2/c1-14(2)25-13-18(22-23-25)16-6-5-10-24(11-9-16)20(26)21-17-8-7-15(3)12-19(17)27-4/h6-8,12-14H,5,9-11H2,1-4H3,(H,21,26). The molecule has 7 heteroatoms. The van der Waals surface area contributed by atoms with Gasteiger partial charge in [0, 0.05) is 19.1 Å². The fraction of sp³-hybridized carbons (Fsp3) is 0.450. The number of nitrogens with zero attached hydrogens (tertiary/aromatic N) is 4. The summed E-state index contributed by atoms with van der Waals surface area (Å²) in [6, 6.07) is 5.91. The zero-order chi connectivity index (χ0) is 19.4. The number of amides is 2. The molecule has 2 heterocycles. The van der Waals surface area contributed by atoms with E-state index in [9.17, 15) is 4.79 Å². The van der Waals surface area contributed by atoms with E-state index in [1.54, 1.807) is 7.11 Å². The Balaban J connectivity index is 1.64. The Morgan fingerprint density at radius 2 is 2.11 bits per heavy atom. The molecule has 1 N–H and O–H groups in total. The zero-order valence-electron chi connectivity index (χ0n) is 16.4. The summed E-state index contributed by atoms with van der Waals surface area (Å²) in [6.45, 7) is 7.45. The van der Waals surface area contributed by atoms with Gasteiger partial charge in [-0.25, -0.2) is 9.48 Å². The van der Waals surface area contributed by atoms with E-state index in [0.29, 0.717) is 24.5 Å². The quantitative estimate of drug-likeness (QED) is 0.887. The van der Waals surface area contributed by atoms with Crippen LogP contribution in [0.3, 0.4) is 0 Å². The van der Waals surface area contributed by atoms with E-state index in [0.717, 1.165) is 29.7 Å². The molecule has 0 spiro atoms. The summed E-state index contributed by atoms with van der Waals surface area (Å²) in [6.07, 6.45) is 5.69. The molecule has 7 nitrogen and oxygen atoms in total. The smallest absolute Gasteiger partial charge is 0.321 e. The third-order valence-electron chi connectivity index (χ3n) is 4.70. The number of benzene rings is 1. The number of carbonyl (C=O) groups excluding carboxylic acids is 1. The van der Waals surface area contributed by atoms with Crippen LogP contribution in [0, 0.1) is 6.92 Å². The molecular weight excluding hydrogens is 342 g/mol. The largest absolute Gasteiger partial charge is 0.495 e. The molecule has 0 saturated carbocycles. The van der Waals surface area contributed by atoms with E-state index in [1.165, 1.54) is 0 Å². The highest BCUT2D eigenvalue weighted by Crippen LogP contribution is 2.26. The van der Waals surface area contributed by atoms with Crippen molar-refractivity contribution in [1.82, 2.24) is 19.9 Å². The maximum Gasteiger partial charge on any atom is 0.321 e. The minimum atomic E-state index is -0.113. The Kier molecular flexibility index (Phi) is 5.78. The minimum absolute atomic E-state index is 0.113. The Hall–Kier alpha value is -2.83. The van der Waals surface area contributed by atoms with Gasteiger partial charge in [-0.2, -0.15) is 0 Å². The minimum Gasteiger partial charge on any atom is -0.495 e. The monoisotopic (exact) mass is 369 g/mol. The highest BCUT2D eigenvalue weighted by molar-refractivity contribution is 5.91. The summed E-state index contributed by atoms with van der Waals surface area (Å²) in [5, 5.41) is 11.4. The third-order valence-corrected chi connectivity index (χ3v) is 4.70. The average Bonchev–Trinajstić information content (AvgIpc) is 3.01. The van der Waals surface area contributed by atoms with Crippen LogP contribution in [0.2, 0.25) is 0 Å². The number of hydrogen-bond donors (Lipinski definition) is 1. The van der Waals surface area contributed by atoms with Crippen molar-refractivity contribution in [2.75, 3.05) is 25.5 Å². The normalized spacial score (nSPS) is 14.7. The number of aryl methyl sites for hydroxylation is 1. The van der Waals surface area contributed by atoms with Crippen LogP contribution in [-0.4, -0.2) is 46.1 Å². The Labute approximate surface area is 160 Å². The lowest BCUT2D eigenvalue weighted by Crippen LogP contribution is -2.35. The van der Waals surface area contributed by atoms with Gasteiger partial charge in [0.05, 0.1) is 19.0 Å². The van der Waals surface area contributed by atoms with Gasteiger partial charge in [0.25, 0.3) is 0 Å². The molecule has 27 heavy (non-hydrogen) atoms. The van der Waals surface area contributed by atoms with Crippen LogP contribution in [0.25, 0.3) is 5.57 Å². The molecule has 2 aromatic rings. The molecule has 1 aliphatic rings. The number of carbonyl (C=O) groups is 1. The third kappa shape index (κ3) is 4.48. The van der Waals surface area contributed by atoms with Gasteiger partial charge in [-0.3, -0.25) is 0 Å². The molecule has 0 atom stereocenters. The molecule has 0 fully saturated rings. The Morgan fingerprint density at radius 1 is 1.30 bits per heavy atom. The number of hydrogen-bond acceptors (Lipinski definition) is 4. The van der Waals surface area contributed by atoms with Crippen molar-refractivity contribution in [2.24, 2.45) is 0 Å². The van der Waals surface area contributed by atoms with E-state index < -0.39 is 0 Å². The first-order valence-electron chi connectivity index (χ1n) is 9.29. The summed E-state index contributed by atoms with van der Waals surface area (Å²) >= 11 is 0. The fourth-order valence-electron chi connectivity index (χ4n) is 3.07. The molecule has 1 aliphatic heterocycles. The van der Waals surface area contributed by atoms with Crippen molar-refractivity contribution in [3.8, 4) is 5.75 Å². The van der Waals surface area contributed by atoms with Crippen LogP contribution in [0.1, 0.15) is 44.0 Å². The maximum absolute atomic E-state index is 12.7. The van der Waals surface area contributed by atoms with Crippen molar-refractivity contribution in [3.63, 3.8) is 0 Å². The second-order valence-corrected chi connectivity index (χ2v) is 7.07. The van der Waals surface area contributed by atoms with Crippen LogP contribution in [0.4, 0.5) is 10.5 Å².